The fourth-order valence-electron chi connectivity index (χ4n) is 4.55. The number of aromatic nitrogens is 4. The summed E-state index contributed by atoms with van der Waals surface area (Å²) < 4.78 is 21.3. The monoisotopic (exact) mass is 580 g/mol. The van der Waals surface area contributed by atoms with Crippen LogP contribution in [-0.4, -0.2) is 94.0 Å². The number of anilines is 2. The van der Waals surface area contributed by atoms with Gasteiger partial charge in [-0.05, 0) is 29.8 Å². The topological polar surface area (TPSA) is 147 Å². The average molecular weight is 581 g/mol. The van der Waals surface area contributed by atoms with Crippen molar-refractivity contribution in [1.82, 2.24) is 35.0 Å². The molecule has 2 amide bonds. The minimum atomic E-state index is -0.456. The smallest absolute Gasteiger partial charge is 0.253 e. The Labute approximate surface area is 243 Å². The molecule has 0 bridgehead atoms. The van der Waals surface area contributed by atoms with Crippen molar-refractivity contribution < 1.29 is 18.7 Å². The number of fused-ring (bicyclic) bond motifs is 1. The van der Waals surface area contributed by atoms with E-state index in [-0.39, 0.29) is 37.5 Å². The normalized spacial score (nSPS) is 15.7. The summed E-state index contributed by atoms with van der Waals surface area (Å²) in [6.07, 6.45) is 6.34. The summed E-state index contributed by atoms with van der Waals surface area (Å²) in [4.78, 5) is 37.0. The number of ether oxygens (including phenoxy) is 1. The van der Waals surface area contributed by atoms with Crippen molar-refractivity contribution in [1.29, 1.82) is 0 Å². The van der Waals surface area contributed by atoms with E-state index in [1.54, 1.807) is 40.3 Å². The second-order valence-corrected chi connectivity index (χ2v) is 9.41. The molecule has 2 aliphatic rings. The van der Waals surface area contributed by atoms with Gasteiger partial charge in [-0.1, -0.05) is 20.4 Å². The molecule has 2 saturated heterocycles. The zero-order valence-electron chi connectivity index (χ0n) is 23.9. The van der Waals surface area contributed by atoms with Gasteiger partial charge < -0.3 is 30.2 Å². The van der Waals surface area contributed by atoms with E-state index in [1.807, 2.05) is 13.8 Å². The number of hydrazine groups is 1. The van der Waals surface area contributed by atoms with Gasteiger partial charge in [0.1, 0.15) is 19.0 Å². The molecule has 0 spiro atoms. The van der Waals surface area contributed by atoms with Crippen LogP contribution in [0, 0.1) is 5.82 Å². The lowest BCUT2D eigenvalue weighted by Crippen LogP contribution is -2.49. The number of carbonyl (C=O) groups is 2. The molecule has 2 aromatic heterocycles. The van der Waals surface area contributed by atoms with Gasteiger partial charge in [0.05, 0.1) is 30.4 Å². The standard InChI is InChI=1S/C26H31FN10O3.C2H6/c1-2-21(15-35(28)16-23(38)34-5-3-29-4-6-34)32-26-30-12-19-13-31-37(25(19)33-26)14-18-9-20(27)11-22(10-18)36-7-8-40-17-24(36)39;1-2/h2,9-13,15,29H,1,3-8,14,16-17,28H2,(H,30,32,33);1-2H3/b21-15+;. The summed E-state index contributed by atoms with van der Waals surface area (Å²) >= 11 is 0. The van der Waals surface area contributed by atoms with Gasteiger partial charge in [-0.3, -0.25) is 9.59 Å². The number of nitrogens with two attached hydrogens (primary N) is 1. The van der Waals surface area contributed by atoms with Crippen LogP contribution in [0.15, 0.2) is 55.1 Å². The largest absolute Gasteiger partial charge is 0.370 e. The van der Waals surface area contributed by atoms with E-state index in [0.29, 0.717) is 54.2 Å². The molecule has 2 aliphatic heterocycles. The lowest BCUT2D eigenvalue weighted by atomic mass is 10.1. The molecule has 2 fully saturated rings. The minimum absolute atomic E-state index is 0.0113. The van der Waals surface area contributed by atoms with E-state index in [0.717, 1.165) is 13.1 Å². The predicted molar refractivity (Wildman–Crippen MR) is 158 cm³/mol. The maximum atomic E-state index is 14.5. The van der Waals surface area contributed by atoms with Gasteiger partial charge in [0.15, 0.2) is 5.65 Å². The maximum Gasteiger partial charge on any atom is 0.253 e. The number of nitrogens with one attached hydrogen (secondary N) is 2. The lowest BCUT2D eigenvalue weighted by Gasteiger charge is -2.28. The molecule has 1 aromatic carbocycles. The molecule has 13 nitrogen and oxygen atoms in total. The Bertz CT molecular complexity index is 1440. The van der Waals surface area contributed by atoms with Crippen molar-refractivity contribution in [2.75, 3.05) is 62.7 Å². The van der Waals surface area contributed by atoms with Gasteiger partial charge >= 0.3 is 0 Å². The van der Waals surface area contributed by atoms with E-state index in [4.69, 9.17) is 10.6 Å². The number of carbonyl (C=O) groups excluding carboxylic acids is 2. The third-order valence-electron chi connectivity index (χ3n) is 6.52. The van der Waals surface area contributed by atoms with E-state index in [9.17, 15) is 14.0 Å². The predicted octanol–water partition coefficient (Wildman–Crippen LogP) is 1.45. The number of rotatable bonds is 9. The molecule has 0 unspecified atom stereocenters. The summed E-state index contributed by atoms with van der Waals surface area (Å²) in [6.45, 7) is 11.6. The number of allylic oxidation sites excluding steroid dienone is 1. The molecular formula is C28H37FN10O3. The number of halogens is 1. The quantitative estimate of drug-likeness (QED) is 0.193. The van der Waals surface area contributed by atoms with Crippen LogP contribution in [0.5, 0.6) is 0 Å². The first-order valence-corrected chi connectivity index (χ1v) is 13.9. The summed E-state index contributed by atoms with van der Waals surface area (Å²) in [6, 6.07) is 4.49. The fourth-order valence-corrected chi connectivity index (χ4v) is 4.55. The third kappa shape index (κ3) is 7.66. The van der Waals surface area contributed by atoms with Crippen LogP contribution in [0.3, 0.4) is 0 Å². The molecule has 5 rings (SSSR count). The van der Waals surface area contributed by atoms with Crippen molar-refractivity contribution in [3.8, 4) is 0 Å². The minimum Gasteiger partial charge on any atom is -0.370 e. The van der Waals surface area contributed by atoms with Crippen LogP contribution >= 0.6 is 0 Å². The van der Waals surface area contributed by atoms with Crippen molar-refractivity contribution >= 4 is 34.5 Å². The van der Waals surface area contributed by atoms with Gasteiger partial charge in [0.25, 0.3) is 5.91 Å². The zero-order valence-corrected chi connectivity index (χ0v) is 23.9. The second kappa shape index (κ2) is 14.5. The van der Waals surface area contributed by atoms with Gasteiger partial charge in [-0.15, -0.1) is 0 Å². The zero-order chi connectivity index (χ0) is 30.1. The Morgan fingerprint density at radius 1 is 1.24 bits per heavy atom. The Morgan fingerprint density at radius 3 is 2.76 bits per heavy atom. The molecule has 0 aliphatic carbocycles. The molecule has 14 heteroatoms. The lowest BCUT2D eigenvalue weighted by molar-refractivity contribution is -0.132. The number of benzene rings is 1. The highest BCUT2D eigenvalue weighted by Gasteiger charge is 2.21. The van der Waals surface area contributed by atoms with Crippen LogP contribution in [0.2, 0.25) is 0 Å². The highest BCUT2D eigenvalue weighted by Crippen LogP contribution is 2.22. The Balaban J connectivity index is 0.00000198. The molecule has 4 heterocycles. The highest BCUT2D eigenvalue weighted by molar-refractivity contribution is 5.95. The number of morpholine rings is 1. The summed E-state index contributed by atoms with van der Waals surface area (Å²) in [7, 11) is 0. The molecule has 0 radical (unpaired) electrons. The first-order chi connectivity index (χ1) is 20.4. The average Bonchev–Trinajstić information content (AvgIpc) is 3.39. The summed E-state index contributed by atoms with van der Waals surface area (Å²) in [5, 5.41) is 12.6. The van der Waals surface area contributed by atoms with Gasteiger partial charge in [0.2, 0.25) is 11.9 Å². The number of amides is 2. The van der Waals surface area contributed by atoms with Crippen LogP contribution in [0.25, 0.3) is 11.0 Å². The van der Waals surface area contributed by atoms with E-state index < -0.39 is 5.82 Å². The van der Waals surface area contributed by atoms with Gasteiger partial charge in [-0.2, -0.15) is 10.1 Å². The van der Waals surface area contributed by atoms with Crippen LogP contribution in [0.1, 0.15) is 19.4 Å². The summed E-state index contributed by atoms with van der Waals surface area (Å²) in [5.41, 5.74) is 2.10. The Kier molecular flexibility index (Phi) is 10.5. The maximum absolute atomic E-state index is 14.5. The molecular weight excluding hydrogens is 543 g/mol. The number of hydrogen-bond acceptors (Lipinski definition) is 10. The Morgan fingerprint density at radius 2 is 2.02 bits per heavy atom. The second-order valence-electron chi connectivity index (χ2n) is 9.41. The number of hydrogen-bond donors (Lipinski definition) is 3. The van der Waals surface area contributed by atoms with Crippen molar-refractivity contribution in [2.45, 2.75) is 20.4 Å². The first-order valence-electron chi connectivity index (χ1n) is 13.9. The molecule has 42 heavy (non-hydrogen) atoms. The van der Waals surface area contributed by atoms with E-state index in [2.05, 4.69) is 32.3 Å². The van der Waals surface area contributed by atoms with Crippen molar-refractivity contribution in [2.24, 2.45) is 5.84 Å². The van der Waals surface area contributed by atoms with Crippen LogP contribution in [-0.2, 0) is 20.9 Å². The Hall–Kier alpha value is -4.40. The number of nitrogens with zero attached hydrogens (tertiary/aromatic N) is 7. The molecule has 0 saturated carbocycles. The SMILES string of the molecule is C=C/C(=C\N(N)CC(=O)N1CCNCC1)Nc1ncc2cnn(Cc3cc(F)cc(N4CCOCC4=O)c3)c2n1.CC. The van der Waals surface area contributed by atoms with Crippen LogP contribution < -0.4 is 21.4 Å². The molecule has 224 valence electrons. The van der Waals surface area contributed by atoms with Crippen LogP contribution in [0.4, 0.5) is 16.0 Å². The van der Waals surface area contributed by atoms with Crippen molar-refractivity contribution in [3.63, 3.8) is 0 Å². The van der Waals surface area contributed by atoms with E-state index >= 15 is 0 Å². The van der Waals surface area contributed by atoms with Gasteiger partial charge in [-0.25, -0.2) is 19.9 Å². The number of piperazine rings is 1. The van der Waals surface area contributed by atoms with Crippen molar-refractivity contribution in [3.05, 3.63) is 66.5 Å². The first kappa shape index (κ1) is 30.6. The third-order valence-corrected chi connectivity index (χ3v) is 6.52. The molecule has 0 atom stereocenters. The molecule has 3 aromatic rings. The molecule has 4 N–H and O–H groups in total. The highest BCUT2D eigenvalue weighted by atomic mass is 19.1. The fraction of sp³-hybridized carbons (Fsp3) is 0.393. The van der Waals surface area contributed by atoms with E-state index in [1.165, 1.54) is 22.0 Å². The van der Waals surface area contributed by atoms with Gasteiger partial charge in [0, 0.05) is 50.8 Å². The summed E-state index contributed by atoms with van der Waals surface area (Å²) in [5.74, 6) is 5.60.